The van der Waals surface area contributed by atoms with Crippen LogP contribution in [0.3, 0.4) is 0 Å². The summed E-state index contributed by atoms with van der Waals surface area (Å²) in [5, 5.41) is 4.01. The zero-order valence-electron chi connectivity index (χ0n) is 13.3. The molecule has 0 bridgehead atoms. The van der Waals surface area contributed by atoms with Gasteiger partial charge in [-0.1, -0.05) is 23.7 Å². The summed E-state index contributed by atoms with van der Waals surface area (Å²) in [6, 6.07) is 7.27. The van der Waals surface area contributed by atoms with E-state index in [9.17, 15) is 9.59 Å². The Morgan fingerprint density at radius 1 is 1.38 bits per heavy atom. The summed E-state index contributed by atoms with van der Waals surface area (Å²) >= 11 is 7.41. The normalized spacial score (nSPS) is 11.0. The lowest BCUT2D eigenvalue weighted by molar-refractivity contribution is -0.121. The lowest BCUT2D eigenvalue weighted by Gasteiger charge is -2.08. The number of thiophene rings is 1. The quantitative estimate of drug-likeness (QED) is 0.776. The van der Waals surface area contributed by atoms with Crippen LogP contribution < -0.4 is 10.9 Å². The molecule has 7 heteroatoms. The van der Waals surface area contributed by atoms with E-state index in [1.807, 2.05) is 26.0 Å². The number of aromatic nitrogens is 2. The molecular weight excluding hydrogens is 346 g/mol. The van der Waals surface area contributed by atoms with E-state index in [-0.39, 0.29) is 18.0 Å². The van der Waals surface area contributed by atoms with Gasteiger partial charge in [-0.3, -0.25) is 14.2 Å². The monoisotopic (exact) mass is 361 g/mol. The van der Waals surface area contributed by atoms with Crippen molar-refractivity contribution in [3.63, 3.8) is 0 Å². The number of hydrogen-bond acceptors (Lipinski definition) is 4. The molecule has 0 unspecified atom stereocenters. The molecule has 1 aromatic carbocycles. The Morgan fingerprint density at radius 2 is 2.17 bits per heavy atom. The molecule has 3 aromatic rings. The van der Waals surface area contributed by atoms with E-state index in [4.69, 9.17) is 11.6 Å². The Hall–Kier alpha value is -2.18. The molecule has 2 aromatic heterocycles. The third-order valence-electron chi connectivity index (χ3n) is 3.85. The molecule has 0 radical (unpaired) electrons. The first kappa shape index (κ1) is 16.7. The summed E-state index contributed by atoms with van der Waals surface area (Å²) in [6.07, 6.45) is 1.43. The number of nitrogens with zero attached hydrogens (tertiary/aromatic N) is 2. The summed E-state index contributed by atoms with van der Waals surface area (Å²) in [6.45, 7) is 4.17. The molecular formula is C17H16ClN3O2S. The molecule has 5 nitrogen and oxygen atoms in total. The van der Waals surface area contributed by atoms with Crippen LogP contribution >= 0.6 is 22.9 Å². The van der Waals surface area contributed by atoms with E-state index >= 15 is 0 Å². The number of fused-ring (bicyclic) bond motifs is 1. The van der Waals surface area contributed by atoms with Crippen LogP contribution in [0.25, 0.3) is 10.2 Å². The standard InChI is InChI=1S/C17H16ClN3O2S/c1-10-11(2)24-16-15(10)17(23)21(9-20-16)8-14(22)19-7-12-4-3-5-13(18)6-12/h3-6,9H,7-8H2,1-2H3,(H,19,22). The van der Waals surface area contributed by atoms with Crippen LogP contribution in [0.15, 0.2) is 35.4 Å². The maximum atomic E-state index is 12.5. The van der Waals surface area contributed by atoms with E-state index in [0.717, 1.165) is 16.0 Å². The number of carbonyl (C=O) groups excluding carboxylic acids is 1. The molecule has 124 valence electrons. The molecule has 0 aliphatic rings. The van der Waals surface area contributed by atoms with Crippen molar-refractivity contribution in [2.75, 3.05) is 0 Å². The average molecular weight is 362 g/mol. The Bertz CT molecular complexity index is 978. The van der Waals surface area contributed by atoms with Crippen molar-refractivity contribution in [3.8, 4) is 0 Å². The van der Waals surface area contributed by atoms with Crippen LogP contribution in [0.4, 0.5) is 0 Å². The molecule has 0 fully saturated rings. The molecule has 0 atom stereocenters. The van der Waals surface area contributed by atoms with Gasteiger partial charge in [0, 0.05) is 16.4 Å². The van der Waals surface area contributed by atoms with Crippen molar-refractivity contribution in [1.29, 1.82) is 0 Å². The second-order valence-corrected chi connectivity index (χ2v) is 7.19. The minimum atomic E-state index is -0.247. The minimum absolute atomic E-state index is 0.0589. The van der Waals surface area contributed by atoms with Crippen molar-refractivity contribution in [3.05, 3.63) is 62.0 Å². The van der Waals surface area contributed by atoms with E-state index < -0.39 is 0 Å². The third kappa shape index (κ3) is 3.34. The van der Waals surface area contributed by atoms with Gasteiger partial charge in [0.25, 0.3) is 5.56 Å². The van der Waals surface area contributed by atoms with E-state index in [0.29, 0.717) is 21.8 Å². The number of carbonyl (C=O) groups is 1. The number of hydrogen-bond donors (Lipinski definition) is 1. The van der Waals surface area contributed by atoms with Gasteiger partial charge in [0.15, 0.2) is 0 Å². The maximum Gasteiger partial charge on any atom is 0.262 e. The fraction of sp³-hybridized carbons (Fsp3) is 0.235. The van der Waals surface area contributed by atoms with Crippen LogP contribution in [0.1, 0.15) is 16.0 Å². The summed E-state index contributed by atoms with van der Waals surface area (Å²) in [5.74, 6) is -0.247. The minimum Gasteiger partial charge on any atom is -0.350 e. The first-order valence-electron chi connectivity index (χ1n) is 7.42. The van der Waals surface area contributed by atoms with Gasteiger partial charge in [0.05, 0.1) is 11.7 Å². The third-order valence-corrected chi connectivity index (χ3v) is 5.20. The Balaban J connectivity index is 1.75. The lowest BCUT2D eigenvalue weighted by Crippen LogP contribution is -2.32. The molecule has 0 spiro atoms. The van der Waals surface area contributed by atoms with E-state index in [1.54, 1.807) is 12.1 Å². The number of aryl methyl sites for hydroxylation is 2. The van der Waals surface area contributed by atoms with E-state index in [2.05, 4.69) is 10.3 Å². The maximum absolute atomic E-state index is 12.5. The number of amides is 1. The van der Waals surface area contributed by atoms with Crippen molar-refractivity contribution >= 4 is 39.1 Å². The van der Waals surface area contributed by atoms with Gasteiger partial charge in [-0.15, -0.1) is 11.3 Å². The van der Waals surface area contributed by atoms with Crippen LogP contribution in [0, 0.1) is 13.8 Å². The first-order chi connectivity index (χ1) is 11.5. The predicted octanol–water partition coefficient (Wildman–Crippen LogP) is 3.04. The highest BCUT2D eigenvalue weighted by Gasteiger charge is 2.13. The van der Waals surface area contributed by atoms with Gasteiger partial charge in [-0.05, 0) is 37.1 Å². The van der Waals surface area contributed by atoms with Gasteiger partial charge in [0.2, 0.25) is 5.91 Å². The van der Waals surface area contributed by atoms with Gasteiger partial charge in [0.1, 0.15) is 11.4 Å². The predicted molar refractivity (Wildman–Crippen MR) is 96.7 cm³/mol. The van der Waals surface area contributed by atoms with Crippen LogP contribution in [-0.2, 0) is 17.9 Å². The molecule has 3 rings (SSSR count). The van der Waals surface area contributed by atoms with Crippen LogP contribution in [0.2, 0.25) is 5.02 Å². The van der Waals surface area contributed by atoms with Crippen LogP contribution in [0.5, 0.6) is 0 Å². The van der Waals surface area contributed by atoms with Gasteiger partial charge < -0.3 is 5.32 Å². The molecule has 0 aliphatic heterocycles. The summed E-state index contributed by atoms with van der Waals surface area (Å²) in [7, 11) is 0. The zero-order valence-corrected chi connectivity index (χ0v) is 14.9. The first-order valence-corrected chi connectivity index (χ1v) is 8.61. The van der Waals surface area contributed by atoms with Gasteiger partial charge in [-0.25, -0.2) is 4.98 Å². The fourth-order valence-corrected chi connectivity index (χ4v) is 3.64. The summed E-state index contributed by atoms with van der Waals surface area (Å²) < 4.78 is 1.34. The fourth-order valence-electron chi connectivity index (χ4n) is 2.44. The Labute approximate surface area is 147 Å². The van der Waals surface area contributed by atoms with Crippen molar-refractivity contribution in [2.24, 2.45) is 0 Å². The summed E-state index contributed by atoms with van der Waals surface area (Å²) in [4.78, 5) is 30.7. The van der Waals surface area contributed by atoms with E-state index in [1.165, 1.54) is 22.2 Å². The second kappa shape index (κ2) is 6.75. The lowest BCUT2D eigenvalue weighted by atomic mass is 10.2. The zero-order chi connectivity index (χ0) is 17.3. The second-order valence-electron chi connectivity index (χ2n) is 5.55. The molecule has 0 saturated heterocycles. The number of rotatable bonds is 4. The van der Waals surface area contributed by atoms with Crippen molar-refractivity contribution in [1.82, 2.24) is 14.9 Å². The highest BCUT2D eigenvalue weighted by atomic mass is 35.5. The molecule has 0 aliphatic carbocycles. The van der Waals surface area contributed by atoms with Crippen LogP contribution in [-0.4, -0.2) is 15.5 Å². The molecule has 24 heavy (non-hydrogen) atoms. The van der Waals surface area contributed by atoms with Crippen molar-refractivity contribution < 1.29 is 4.79 Å². The van der Waals surface area contributed by atoms with Crippen molar-refractivity contribution in [2.45, 2.75) is 26.9 Å². The summed E-state index contributed by atoms with van der Waals surface area (Å²) in [5.41, 5.74) is 1.65. The molecule has 1 N–H and O–H groups in total. The Morgan fingerprint density at radius 3 is 2.92 bits per heavy atom. The number of benzene rings is 1. The topological polar surface area (TPSA) is 64.0 Å². The SMILES string of the molecule is Cc1sc2ncn(CC(=O)NCc3cccc(Cl)c3)c(=O)c2c1C. The molecule has 2 heterocycles. The Kier molecular flexibility index (Phi) is 4.69. The van der Waals surface area contributed by atoms with Gasteiger partial charge in [-0.2, -0.15) is 0 Å². The smallest absolute Gasteiger partial charge is 0.262 e. The molecule has 0 saturated carbocycles. The highest BCUT2D eigenvalue weighted by molar-refractivity contribution is 7.18. The average Bonchev–Trinajstić information content (AvgIpc) is 2.84. The van der Waals surface area contributed by atoms with Gasteiger partial charge >= 0.3 is 0 Å². The molecule has 1 amide bonds. The largest absolute Gasteiger partial charge is 0.350 e. The number of halogens is 1. The highest BCUT2D eigenvalue weighted by Crippen LogP contribution is 2.25. The number of nitrogens with one attached hydrogen (secondary N) is 1.